The predicted molar refractivity (Wildman–Crippen MR) is 94.4 cm³/mol. The quantitative estimate of drug-likeness (QED) is 0.732. The molecule has 1 aliphatic rings. The molecule has 1 heterocycles. The highest BCUT2D eigenvalue weighted by atomic mass is 28.3. The van der Waals surface area contributed by atoms with E-state index < -0.39 is 8.80 Å². The van der Waals surface area contributed by atoms with Crippen LogP contribution in [0.5, 0.6) is 0 Å². The van der Waals surface area contributed by atoms with E-state index in [2.05, 4.69) is 56.1 Å². The SMILES string of the molecule is C=Cc1ccc2ccccc2c1C1([SiH](C)C)CCCCO1. The molecule has 2 aromatic carbocycles. The molecule has 0 N–H and O–H groups in total. The van der Waals surface area contributed by atoms with Crippen molar-refractivity contribution in [3.63, 3.8) is 0 Å². The molecule has 1 unspecified atom stereocenters. The van der Waals surface area contributed by atoms with Crippen LogP contribution >= 0.6 is 0 Å². The van der Waals surface area contributed by atoms with Gasteiger partial charge >= 0.3 is 0 Å². The summed E-state index contributed by atoms with van der Waals surface area (Å²) in [5.74, 6) is 0. The van der Waals surface area contributed by atoms with Crippen LogP contribution in [-0.4, -0.2) is 15.4 Å². The molecule has 0 aromatic heterocycles. The minimum Gasteiger partial charge on any atom is -0.374 e. The van der Waals surface area contributed by atoms with Crippen LogP contribution in [0.2, 0.25) is 13.1 Å². The van der Waals surface area contributed by atoms with Crippen molar-refractivity contribution in [2.24, 2.45) is 0 Å². The normalized spacial score (nSPS) is 22.6. The molecule has 0 spiro atoms. The summed E-state index contributed by atoms with van der Waals surface area (Å²) in [5, 5.41) is 2.61. The van der Waals surface area contributed by atoms with E-state index in [-0.39, 0.29) is 5.22 Å². The zero-order valence-electron chi connectivity index (χ0n) is 13.1. The molecule has 110 valence electrons. The summed E-state index contributed by atoms with van der Waals surface area (Å²) in [4.78, 5) is 0. The van der Waals surface area contributed by atoms with E-state index in [1.165, 1.54) is 34.7 Å². The van der Waals surface area contributed by atoms with Crippen molar-refractivity contribution in [1.29, 1.82) is 0 Å². The third kappa shape index (κ3) is 2.37. The van der Waals surface area contributed by atoms with Gasteiger partial charge in [-0.25, -0.2) is 0 Å². The summed E-state index contributed by atoms with van der Waals surface area (Å²) < 4.78 is 6.48. The third-order valence-electron chi connectivity index (χ3n) is 4.84. The lowest BCUT2D eigenvalue weighted by Gasteiger charge is -2.42. The number of fused-ring (bicyclic) bond motifs is 1. The Morgan fingerprint density at radius 3 is 2.62 bits per heavy atom. The molecule has 1 atom stereocenters. The first-order chi connectivity index (χ1) is 10.2. The van der Waals surface area contributed by atoms with E-state index in [9.17, 15) is 0 Å². The van der Waals surface area contributed by atoms with Gasteiger partial charge in [-0.3, -0.25) is 0 Å². The Hall–Kier alpha value is -1.38. The van der Waals surface area contributed by atoms with Gasteiger partial charge in [-0.15, -0.1) is 0 Å². The Morgan fingerprint density at radius 1 is 1.14 bits per heavy atom. The monoisotopic (exact) mass is 296 g/mol. The molecule has 21 heavy (non-hydrogen) atoms. The summed E-state index contributed by atoms with van der Waals surface area (Å²) in [7, 11) is -1.03. The Kier molecular flexibility index (Phi) is 4.00. The summed E-state index contributed by atoms with van der Waals surface area (Å²) in [6, 6.07) is 13.1. The van der Waals surface area contributed by atoms with Gasteiger partial charge in [0.05, 0.1) is 14.0 Å². The highest BCUT2D eigenvalue weighted by molar-refractivity contribution is 6.59. The molecule has 3 rings (SSSR count). The van der Waals surface area contributed by atoms with Crippen molar-refractivity contribution >= 4 is 25.6 Å². The Morgan fingerprint density at radius 2 is 1.95 bits per heavy atom. The van der Waals surface area contributed by atoms with Crippen LogP contribution < -0.4 is 0 Å². The molecule has 0 aliphatic carbocycles. The van der Waals surface area contributed by atoms with Crippen LogP contribution in [0.1, 0.15) is 30.4 Å². The fraction of sp³-hybridized carbons (Fsp3) is 0.368. The first-order valence-corrected chi connectivity index (χ1v) is 10.9. The van der Waals surface area contributed by atoms with Gasteiger partial charge in [0, 0.05) is 6.61 Å². The maximum absolute atomic E-state index is 6.48. The largest absolute Gasteiger partial charge is 0.374 e. The van der Waals surface area contributed by atoms with Crippen molar-refractivity contribution in [3.8, 4) is 0 Å². The molecule has 2 aromatic rings. The van der Waals surface area contributed by atoms with E-state index in [0.29, 0.717) is 0 Å². The van der Waals surface area contributed by atoms with Gasteiger partial charge in [-0.05, 0) is 41.2 Å². The highest BCUT2D eigenvalue weighted by Crippen LogP contribution is 2.43. The maximum atomic E-state index is 6.48. The molecule has 1 fully saturated rings. The number of rotatable bonds is 3. The summed E-state index contributed by atoms with van der Waals surface area (Å²) in [6.45, 7) is 9.77. The number of hydrogen-bond acceptors (Lipinski definition) is 1. The topological polar surface area (TPSA) is 9.23 Å². The Bertz CT molecular complexity index is 654. The Labute approximate surface area is 129 Å². The minimum absolute atomic E-state index is 0.0391. The van der Waals surface area contributed by atoms with Crippen molar-refractivity contribution in [3.05, 3.63) is 54.1 Å². The highest BCUT2D eigenvalue weighted by Gasteiger charge is 2.41. The van der Waals surface area contributed by atoms with Crippen LogP contribution in [0.15, 0.2) is 43.0 Å². The van der Waals surface area contributed by atoms with Gasteiger partial charge in [-0.1, -0.05) is 62.1 Å². The lowest BCUT2D eigenvalue weighted by molar-refractivity contribution is -0.0255. The first-order valence-electron chi connectivity index (χ1n) is 7.97. The van der Waals surface area contributed by atoms with Gasteiger partial charge in [-0.2, -0.15) is 0 Å². The van der Waals surface area contributed by atoms with Crippen LogP contribution in [0.3, 0.4) is 0 Å². The van der Waals surface area contributed by atoms with Crippen LogP contribution in [-0.2, 0) is 9.96 Å². The second-order valence-electron chi connectivity index (χ2n) is 6.30. The molecular formula is C19H24OSi. The zero-order chi connectivity index (χ0) is 14.9. The van der Waals surface area contributed by atoms with E-state index in [1.807, 2.05) is 6.08 Å². The molecule has 1 aliphatic heterocycles. The van der Waals surface area contributed by atoms with E-state index >= 15 is 0 Å². The van der Waals surface area contributed by atoms with E-state index in [0.717, 1.165) is 13.0 Å². The number of benzene rings is 2. The average molecular weight is 296 g/mol. The molecule has 0 amide bonds. The summed E-state index contributed by atoms with van der Waals surface area (Å²) in [5.41, 5.74) is 2.65. The van der Waals surface area contributed by atoms with E-state index in [1.54, 1.807) is 0 Å². The maximum Gasteiger partial charge on any atom is 0.0798 e. The van der Waals surface area contributed by atoms with Crippen molar-refractivity contribution in [2.45, 2.75) is 37.6 Å². The molecule has 0 saturated carbocycles. The lowest BCUT2D eigenvalue weighted by atomic mass is 9.90. The second-order valence-corrected chi connectivity index (χ2v) is 9.55. The average Bonchev–Trinajstić information content (AvgIpc) is 2.54. The van der Waals surface area contributed by atoms with E-state index in [4.69, 9.17) is 4.74 Å². The fourth-order valence-corrected chi connectivity index (χ4v) is 5.82. The lowest BCUT2D eigenvalue weighted by Crippen LogP contribution is -2.45. The minimum atomic E-state index is -1.03. The first kappa shape index (κ1) is 14.5. The molecule has 2 heteroatoms. The smallest absolute Gasteiger partial charge is 0.0798 e. The van der Waals surface area contributed by atoms with Gasteiger partial charge in [0.2, 0.25) is 0 Å². The summed E-state index contributed by atoms with van der Waals surface area (Å²) >= 11 is 0. The third-order valence-corrected chi connectivity index (χ3v) is 7.45. The van der Waals surface area contributed by atoms with Crippen LogP contribution in [0.25, 0.3) is 16.8 Å². The standard InChI is InChI=1S/C19H24OSi/c1-4-15-11-12-16-9-5-6-10-17(16)18(15)19(21(2)3)13-7-8-14-20-19/h4-6,9-12,21H,1,7-8,13-14H2,2-3H3. The fourth-order valence-electron chi connectivity index (χ4n) is 3.69. The van der Waals surface area contributed by atoms with Gasteiger partial charge in [0.15, 0.2) is 0 Å². The predicted octanol–water partition coefficient (Wildman–Crippen LogP) is 4.90. The number of ether oxygens (including phenoxy) is 1. The van der Waals surface area contributed by atoms with Gasteiger partial charge < -0.3 is 4.74 Å². The van der Waals surface area contributed by atoms with Crippen LogP contribution in [0.4, 0.5) is 0 Å². The van der Waals surface area contributed by atoms with Crippen LogP contribution in [0, 0.1) is 0 Å². The molecule has 0 bridgehead atoms. The van der Waals surface area contributed by atoms with Gasteiger partial charge in [0.25, 0.3) is 0 Å². The van der Waals surface area contributed by atoms with Crippen molar-refractivity contribution < 1.29 is 4.74 Å². The Balaban J connectivity index is 2.32. The second kappa shape index (κ2) is 5.78. The van der Waals surface area contributed by atoms with Crippen molar-refractivity contribution in [2.75, 3.05) is 6.61 Å². The summed E-state index contributed by atoms with van der Waals surface area (Å²) in [6.07, 6.45) is 5.62. The molecule has 1 saturated heterocycles. The van der Waals surface area contributed by atoms with Crippen molar-refractivity contribution in [1.82, 2.24) is 0 Å². The molecule has 0 radical (unpaired) electrons. The molecular weight excluding hydrogens is 272 g/mol. The zero-order valence-corrected chi connectivity index (χ0v) is 14.2. The molecule has 1 nitrogen and oxygen atoms in total. The number of hydrogen-bond donors (Lipinski definition) is 0. The van der Waals surface area contributed by atoms with Gasteiger partial charge in [0.1, 0.15) is 0 Å².